The molecule has 5 heterocycles. The number of nitrogen functional groups attached to an aromatic ring is 1. The van der Waals surface area contributed by atoms with Gasteiger partial charge in [0.2, 0.25) is 16.5 Å². The number of hydrogen-bond acceptors (Lipinski definition) is 13. The molecule has 0 bridgehead atoms. The van der Waals surface area contributed by atoms with E-state index < -0.39 is 46.6 Å². The van der Waals surface area contributed by atoms with E-state index in [9.17, 15) is 29.1 Å². The van der Waals surface area contributed by atoms with Crippen molar-refractivity contribution >= 4 is 85.7 Å². The van der Waals surface area contributed by atoms with Crippen LogP contribution in [0.25, 0.3) is 11.0 Å². The third-order valence-electron chi connectivity index (χ3n) is 7.24. The van der Waals surface area contributed by atoms with E-state index in [-0.39, 0.29) is 38.5 Å². The number of benzene rings is 1. The Balaban J connectivity index is 1.25. The molecule has 15 nitrogen and oxygen atoms in total. The lowest BCUT2D eigenvalue weighted by Crippen LogP contribution is -2.71. The Hall–Kier alpha value is -5.20. The topological polar surface area (TPSA) is 225 Å². The number of H-pyrrole nitrogens is 1. The fourth-order valence-electron chi connectivity index (χ4n) is 5.04. The Morgan fingerprint density at radius 3 is 2.72 bits per heavy atom. The average Bonchev–Trinajstić information content (AvgIpc) is 3.54. The second-order valence-electron chi connectivity index (χ2n) is 10.0. The zero-order chi connectivity index (χ0) is 32.7. The molecule has 4 aromatic rings. The highest BCUT2D eigenvalue weighted by Gasteiger charge is 2.55. The molecule has 2 unspecified atom stereocenters. The highest BCUT2D eigenvalue weighted by atomic mass is 32.2. The number of fused-ring (bicyclic) bond motifs is 2. The number of aromatic amines is 1. The van der Waals surface area contributed by atoms with Crippen LogP contribution in [0.1, 0.15) is 27.0 Å². The molecule has 2 aliphatic rings. The van der Waals surface area contributed by atoms with Gasteiger partial charge in [0.25, 0.3) is 11.8 Å². The van der Waals surface area contributed by atoms with E-state index >= 15 is 0 Å². The van der Waals surface area contributed by atoms with Gasteiger partial charge < -0.3 is 31.8 Å². The quantitative estimate of drug-likeness (QED) is 0.0631. The highest BCUT2D eigenvalue weighted by Crippen LogP contribution is 2.42. The molecule has 0 aliphatic carbocycles. The molecule has 3 amide bonds. The molecule has 0 saturated carbocycles. The van der Waals surface area contributed by atoms with E-state index in [0.717, 1.165) is 16.2 Å². The predicted octanol–water partition coefficient (Wildman–Crippen LogP) is 1.03. The molecule has 6 rings (SSSR count). The van der Waals surface area contributed by atoms with Gasteiger partial charge in [0.15, 0.2) is 5.01 Å². The molecule has 3 atom stereocenters. The number of carbonyl (C=O) groups excluding carboxylic acids is 3. The number of nitrogens with one attached hydrogen (secondary N) is 4. The summed E-state index contributed by atoms with van der Waals surface area (Å²) in [5, 5.41) is 26.1. The van der Waals surface area contributed by atoms with Crippen molar-refractivity contribution in [3.63, 3.8) is 0 Å². The number of aliphatic carboxylic acids is 1. The van der Waals surface area contributed by atoms with Gasteiger partial charge in [-0.2, -0.15) is 0 Å². The first kappa shape index (κ1) is 30.8. The third kappa shape index (κ3) is 5.46. The van der Waals surface area contributed by atoms with Crippen molar-refractivity contribution in [3.8, 4) is 0 Å². The molecule has 18 heteroatoms. The molecule has 1 fully saturated rings. The van der Waals surface area contributed by atoms with Crippen molar-refractivity contribution in [3.05, 3.63) is 86.4 Å². The number of carboxylic acids is 1. The summed E-state index contributed by atoms with van der Waals surface area (Å²) in [6.07, 6.45) is 2.65. The van der Waals surface area contributed by atoms with Crippen molar-refractivity contribution in [2.45, 2.75) is 17.5 Å². The average molecular weight is 678 g/mol. The fourth-order valence-corrected chi connectivity index (χ4v) is 7.48. The van der Waals surface area contributed by atoms with Crippen molar-refractivity contribution in [2.75, 3.05) is 23.9 Å². The number of β-lactam (4-membered cyclic amide) rings is 1. The van der Waals surface area contributed by atoms with Gasteiger partial charge in [-0.15, -0.1) is 22.0 Å². The van der Waals surface area contributed by atoms with Gasteiger partial charge in [-0.1, -0.05) is 35.7 Å². The van der Waals surface area contributed by atoms with Crippen molar-refractivity contribution < 1.29 is 24.3 Å². The van der Waals surface area contributed by atoms with Crippen LogP contribution in [0.3, 0.4) is 0 Å². The number of amides is 3. The van der Waals surface area contributed by atoms with Gasteiger partial charge in [0, 0.05) is 36.5 Å². The number of carbonyl (C=O) groups is 4. The number of aromatic nitrogens is 4. The number of hydrogen-bond donors (Lipinski definition) is 6. The number of carboxylic acid groups (broad SMARTS) is 1. The molecule has 46 heavy (non-hydrogen) atoms. The minimum Gasteiger partial charge on any atom is -0.477 e. The standard InChI is InChI=1S/C28H23N9O6S3/c1-30-28-36-35-24(46-28)21(44)14-10-45-26-18(25(41)37(26)19(14)27(42)43)34-23(40)16(11-4-2-5-12(29)8-11)33-22(39)13-9-32-15-6-3-7-31-17(15)20(13)38/h2-9,16,18,26H,10,29H2,1H3,(H,30,36)(H,32,38)(H,33,39)(H,34,40)(H,42,43)/t16?,18?,26-/m0/s1. The van der Waals surface area contributed by atoms with Gasteiger partial charge in [-0.3, -0.25) is 29.1 Å². The molecule has 3 aromatic heterocycles. The number of nitrogens with zero attached hydrogens (tertiary/aromatic N) is 4. The minimum absolute atomic E-state index is 0.0457. The van der Waals surface area contributed by atoms with Crippen molar-refractivity contribution in [2.24, 2.45) is 0 Å². The fraction of sp³-hybridized carbons (Fsp3) is 0.179. The van der Waals surface area contributed by atoms with Gasteiger partial charge in [0.05, 0.1) is 10.4 Å². The van der Waals surface area contributed by atoms with Crippen LogP contribution in [-0.2, 0) is 14.4 Å². The van der Waals surface area contributed by atoms with E-state index in [4.69, 9.17) is 18.0 Å². The zero-order valence-corrected chi connectivity index (χ0v) is 26.1. The molecular formula is C28H23N9O6S3. The van der Waals surface area contributed by atoms with Crippen LogP contribution < -0.4 is 27.1 Å². The summed E-state index contributed by atoms with van der Waals surface area (Å²) in [5.74, 6) is -3.55. The number of thioether (sulfide) groups is 1. The van der Waals surface area contributed by atoms with Crippen LogP contribution in [0.4, 0.5) is 10.8 Å². The number of nitrogens with two attached hydrogens (primary N) is 1. The van der Waals surface area contributed by atoms with E-state index in [0.29, 0.717) is 21.3 Å². The first-order chi connectivity index (χ1) is 22.1. The Morgan fingerprint density at radius 1 is 1.20 bits per heavy atom. The first-order valence-corrected chi connectivity index (χ1v) is 15.8. The maximum Gasteiger partial charge on any atom is 0.353 e. The van der Waals surface area contributed by atoms with E-state index in [2.05, 4.69) is 36.1 Å². The van der Waals surface area contributed by atoms with Crippen molar-refractivity contribution in [1.29, 1.82) is 0 Å². The summed E-state index contributed by atoms with van der Waals surface area (Å²) in [6.45, 7) is 0. The largest absolute Gasteiger partial charge is 0.477 e. The molecular weight excluding hydrogens is 655 g/mol. The molecule has 234 valence electrons. The predicted molar refractivity (Wildman–Crippen MR) is 174 cm³/mol. The van der Waals surface area contributed by atoms with Gasteiger partial charge in [0.1, 0.15) is 34.2 Å². The summed E-state index contributed by atoms with van der Waals surface area (Å²) in [7, 11) is 1.66. The molecule has 1 saturated heterocycles. The normalized spacial score (nSPS) is 17.9. The van der Waals surface area contributed by atoms with Crippen LogP contribution >= 0.6 is 35.3 Å². The summed E-state index contributed by atoms with van der Waals surface area (Å²) in [5.41, 5.74) is 6.04. The second kappa shape index (κ2) is 12.3. The van der Waals surface area contributed by atoms with Crippen LogP contribution in [0.5, 0.6) is 0 Å². The second-order valence-corrected chi connectivity index (χ2v) is 12.5. The minimum atomic E-state index is -1.37. The molecule has 2 aliphatic heterocycles. The Bertz CT molecular complexity index is 2040. The van der Waals surface area contributed by atoms with E-state index in [1.165, 1.54) is 30.2 Å². The molecule has 0 radical (unpaired) electrons. The maximum absolute atomic E-state index is 13.7. The van der Waals surface area contributed by atoms with Crippen LogP contribution in [0.15, 0.2) is 64.9 Å². The Morgan fingerprint density at radius 2 is 2.00 bits per heavy atom. The Labute approximate surface area is 272 Å². The van der Waals surface area contributed by atoms with Gasteiger partial charge >= 0.3 is 5.97 Å². The smallest absolute Gasteiger partial charge is 0.353 e. The number of thiocarbonyl (C=S) groups is 1. The summed E-state index contributed by atoms with van der Waals surface area (Å²) in [6, 6.07) is 6.99. The summed E-state index contributed by atoms with van der Waals surface area (Å²) >= 11 is 7.89. The van der Waals surface area contributed by atoms with E-state index in [1.807, 2.05) is 0 Å². The van der Waals surface area contributed by atoms with E-state index in [1.54, 1.807) is 37.4 Å². The zero-order valence-electron chi connectivity index (χ0n) is 23.6. The third-order valence-corrected chi connectivity index (χ3v) is 10.0. The lowest BCUT2D eigenvalue weighted by molar-refractivity contribution is -0.150. The van der Waals surface area contributed by atoms with Crippen LogP contribution in [0.2, 0.25) is 0 Å². The maximum atomic E-state index is 13.7. The monoisotopic (exact) mass is 677 g/mol. The Kier molecular flexibility index (Phi) is 8.24. The summed E-state index contributed by atoms with van der Waals surface area (Å²) < 4.78 is 0. The van der Waals surface area contributed by atoms with Gasteiger partial charge in [-0.25, -0.2) is 4.79 Å². The lowest BCUT2D eigenvalue weighted by Gasteiger charge is -2.49. The molecule has 1 aromatic carbocycles. The molecule has 7 N–H and O–H groups in total. The number of anilines is 2. The summed E-state index contributed by atoms with van der Waals surface area (Å²) in [4.78, 5) is 74.0. The van der Waals surface area contributed by atoms with Crippen LogP contribution in [-0.4, -0.2) is 82.9 Å². The SMILES string of the molecule is CNc1nnc(C(=S)C2=C(C(=O)O)N3C(=O)C(NC(=O)C(NC(=O)c4c[nH]c5cccnc5c4=O)c4cccc(N)c4)[C@@H]3SC2)s1. The highest BCUT2D eigenvalue weighted by molar-refractivity contribution is 8.00. The van der Waals surface area contributed by atoms with Crippen LogP contribution in [0, 0.1) is 0 Å². The van der Waals surface area contributed by atoms with Gasteiger partial charge in [-0.05, 0) is 29.8 Å². The lowest BCUT2D eigenvalue weighted by atomic mass is 9.99. The van der Waals surface area contributed by atoms with Crippen molar-refractivity contribution in [1.82, 2.24) is 35.7 Å². The molecule has 0 spiro atoms. The number of pyridine rings is 2. The first-order valence-electron chi connectivity index (χ1n) is 13.5. The number of rotatable bonds is 9.